The van der Waals surface area contributed by atoms with Crippen molar-refractivity contribution >= 4 is 11.8 Å². The largest absolute Gasteiger partial charge is 0.357 e. The molecule has 0 saturated carbocycles. The molecule has 0 aliphatic carbocycles. The second-order valence-corrected chi connectivity index (χ2v) is 10.3. The maximum atomic E-state index is 13.6. The number of nitrogens with zero attached hydrogens (tertiary/aromatic N) is 1. The molecular weight excluding hydrogens is 432 g/mol. The molecule has 35 heavy (non-hydrogen) atoms. The van der Waals surface area contributed by atoms with Crippen molar-refractivity contribution in [2.45, 2.75) is 65.0 Å². The SMILES string of the molecule is CNC(=O)[C@H](Cc1ccccc1)N(Cc1cccc(C)c1)C(=O)CCc1ccc(C(C)(C)C)cc1. The zero-order valence-electron chi connectivity index (χ0n) is 21.7. The van der Waals surface area contributed by atoms with Crippen molar-refractivity contribution in [3.05, 3.63) is 107 Å². The third kappa shape index (κ3) is 7.54. The van der Waals surface area contributed by atoms with Crippen molar-refractivity contribution in [2.75, 3.05) is 7.05 Å². The maximum Gasteiger partial charge on any atom is 0.242 e. The summed E-state index contributed by atoms with van der Waals surface area (Å²) in [6, 6.07) is 25.9. The normalized spacial score (nSPS) is 12.1. The van der Waals surface area contributed by atoms with Crippen LogP contribution in [0.1, 0.15) is 55.0 Å². The Balaban J connectivity index is 1.84. The van der Waals surface area contributed by atoms with E-state index in [1.54, 1.807) is 11.9 Å². The van der Waals surface area contributed by atoms with Gasteiger partial charge < -0.3 is 10.2 Å². The van der Waals surface area contributed by atoms with E-state index >= 15 is 0 Å². The highest BCUT2D eigenvalue weighted by Crippen LogP contribution is 2.23. The molecule has 184 valence electrons. The fourth-order valence-electron chi connectivity index (χ4n) is 4.29. The molecule has 3 aromatic carbocycles. The molecular formula is C31H38N2O2. The number of rotatable bonds is 9. The molecule has 3 aromatic rings. The fourth-order valence-corrected chi connectivity index (χ4v) is 4.29. The van der Waals surface area contributed by atoms with Gasteiger partial charge in [0.05, 0.1) is 0 Å². The van der Waals surface area contributed by atoms with Crippen LogP contribution in [0.3, 0.4) is 0 Å². The first-order chi connectivity index (χ1) is 16.7. The average molecular weight is 471 g/mol. The van der Waals surface area contributed by atoms with Gasteiger partial charge in [0.2, 0.25) is 11.8 Å². The number of aryl methyl sites for hydroxylation is 2. The predicted molar refractivity (Wildman–Crippen MR) is 143 cm³/mol. The number of nitrogens with one attached hydrogen (secondary N) is 1. The minimum Gasteiger partial charge on any atom is -0.357 e. The lowest BCUT2D eigenvalue weighted by Gasteiger charge is -2.31. The van der Waals surface area contributed by atoms with Crippen molar-refractivity contribution in [3.8, 4) is 0 Å². The number of carbonyl (C=O) groups excluding carboxylic acids is 2. The Kier molecular flexibility index (Phi) is 8.86. The number of hydrogen-bond acceptors (Lipinski definition) is 2. The van der Waals surface area contributed by atoms with Crippen LogP contribution in [0, 0.1) is 6.92 Å². The molecule has 4 heteroatoms. The van der Waals surface area contributed by atoms with Crippen LogP contribution in [0.25, 0.3) is 0 Å². The van der Waals surface area contributed by atoms with E-state index in [9.17, 15) is 9.59 Å². The Morgan fingerprint density at radius 2 is 1.51 bits per heavy atom. The molecule has 4 nitrogen and oxygen atoms in total. The summed E-state index contributed by atoms with van der Waals surface area (Å²) in [7, 11) is 1.63. The molecule has 0 radical (unpaired) electrons. The Morgan fingerprint density at radius 3 is 2.11 bits per heavy atom. The van der Waals surface area contributed by atoms with Gasteiger partial charge in [0, 0.05) is 26.4 Å². The predicted octanol–water partition coefficient (Wildman–Crippen LogP) is 5.61. The average Bonchev–Trinajstić information content (AvgIpc) is 2.84. The van der Waals surface area contributed by atoms with Gasteiger partial charge in [-0.05, 0) is 41.0 Å². The summed E-state index contributed by atoms with van der Waals surface area (Å²) in [5.74, 6) is -0.166. The first-order valence-corrected chi connectivity index (χ1v) is 12.4. The lowest BCUT2D eigenvalue weighted by molar-refractivity contribution is -0.141. The Hall–Kier alpha value is -3.40. The number of hydrogen-bond donors (Lipinski definition) is 1. The van der Waals surface area contributed by atoms with E-state index < -0.39 is 6.04 Å². The Labute approximate surface area is 210 Å². The van der Waals surface area contributed by atoms with Crippen LogP contribution < -0.4 is 5.32 Å². The second-order valence-electron chi connectivity index (χ2n) is 10.3. The van der Waals surface area contributed by atoms with Crippen molar-refractivity contribution in [3.63, 3.8) is 0 Å². The summed E-state index contributed by atoms with van der Waals surface area (Å²) in [6.07, 6.45) is 1.46. The summed E-state index contributed by atoms with van der Waals surface area (Å²) in [6.45, 7) is 9.02. The lowest BCUT2D eigenvalue weighted by Crippen LogP contribution is -2.49. The minimum absolute atomic E-state index is 0.0177. The third-order valence-corrected chi connectivity index (χ3v) is 6.40. The van der Waals surface area contributed by atoms with Crippen molar-refractivity contribution < 1.29 is 9.59 Å². The highest BCUT2D eigenvalue weighted by molar-refractivity contribution is 5.88. The van der Waals surface area contributed by atoms with Gasteiger partial charge >= 0.3 is 0 Å². The van der Waals surface area contributed by atoms with Crippen molar-refractivity contribution in [2.24, 2.45) is 0 Å². The maximum absolute atomic E-state index is 13.6. The highest BCUT2D eigenvalue weighted by Gasteiger charge is 2.29. The Morgan fingerprint density at radius 1 is 0.857 bits per heavy atom. The second kappa shape index (κ2) is 11.8. The summed E-state index contributed by atoms with van der Waals surface area (Å²) in [4.78, 5) is 28.4. The van der Waals surface area contributed by atoms with Gasteiger partial charge in [0.25, 0.3) is 0 Å². The number of likely N-dealkylation sites (N-methyl/N-ethyl adjacent to an activating group) is 1. The quantitative estimate of drug-likeness (QED) is 0.442. The molecule has 0 aromatic heterocycles. The Bertz CT molecular complexity index is 1110. The molecule has 1 N–H and O–H groups in total. The van der Waals surface area contributed by atoms with Gasteiger partial charge in [0.15, 0.2) is 0 Å². The molecule has 0 unspecified atom stereocenters. The molecule has 0 bridgehead atoms. The first kappa shape index (κ1) is 26.2. The molecule has 0 saturated heterocycles. The smallest absolute Gasteiger partial charge is 0.242 e. The third-order valence-electron chi connectivity index (χ3n) is 6.40. The van der Waals surface area contributed by atoms with Crippen LogP contribution in [0.4, 0.5) is 0 Å². The zero-order valence-corrected chi connectivity index (χ0v) is 21.7. The van der Waals surface area contributed by atoms with E-state index in [2.05, 4.69) is 56.4 Å². The van der Waals surface area contributed by atoms with Gasteiger partial charge in [-0.25, -0.2) is 0 Å². The van der Waals surface area contributed by atoms with E-state index in [1.807, 2.05) is 55.5 Å². The highest BCUT2D eigenvalue weighted by atomic mass is 16.2. The molecule has 2 amide bonds. The van der Waals surface area contributed by atoms with Crippen LogP contribution in [-0.4, -0.2) is 29.8 Å². The van der Waals surface area contributed by atoms with Crippen molar-refractivity contribution in [1.29, 1.82) is 0 Å². The molecule has 0 aliphatic rings. The topological polar surface area (TPSA) is 49.4 Å². The van der Waals surface area contributed by atoms with E-state index in [-0.39, 0.29) is 17.2 Å². The van der Waals surface area contributed by atoms with Gasteiger partial charge in [-0.2, -0.15) is 0 Å². The molecule has 0 fully saturated rings. The standard InChI is InChI=1S/C31H38N2O2/c1-23-10-9-13-26(20-23)22-33(28(30(35)32-5)21-25-11-7-6-8-12-25)29(34)19-16-24-14-17-27(18-15-24)31(2,3)4/h6-15,17-18,20,28H,16,19,21-22H2,1-5H3,(H,32,35)/t28-/m0/s1. The van der Waals surface area contributed by atoms with E-state index in [1.165, 1.54) is 5.56 Å². The van der Waals surface area contributed by atoms with Crippen LogP contribution in [0.15, 0.2) is 78.9 Å². The van der Waals surface area contributed by atoms with Crippen LogP contribution in [-0.2, 0) is 34.4 Å². The number of carbonyl (C=O) groups is 2. The molecule has 1 atom stereocenters. The van der Waals surface area contributed by atoms with Gasteiger partial charge in [0.1, 0.15) is 6.04 Å². The first-order valence-electron chi connectivity index (χ1n) is 12.4. The zero-order chi connectivity index (χ0) is 25.4. The van der Waals surface area contributed by atoms with Crippen LogP contribution >= 0.6 is 0 Å². The summed E-state index contributed by atoms with van der Waals surface area (Å²) >= 11 is 0. The van der Waals surface area contributed by atoms with Gasteiger partial charge in [-0.3, -0.25) is 9.59 Å². The van der Waals surface area contributed by atoms with Gasteiger partial charge in [-0.1, -0.05) is 105 Å². The number of benzene rings is 3. The molecule has 0 heterocycles. The van der Waals surface area contributed by atoms with Gasteiger partial charge in [-0.15, -0.1) is 0 Å². The molecule has 3 rings (SSSR count). The van der Waals surface area contributed by atoms with Crippen molar-refractivity contribution in [1.82, 2.24) is 10.2 Å². The lowest BCUT2D eigenvalue weighted by atomic mass is 9.86. The van der Waals surface area contributed by atoms with Crippen LogP contribution in [0.5, 0.6) is 0 Å². The summed E-state index contributed by atoms with van der Waals surface area (Å²) in [5.41, 5.74) is 5.68. The number of amides is 2. The van der Waals surface area contributed by atoms with Crippen LogP contribution in [0.2, 0.25) is 0 Å². The monoisotopic (exact) mass is 470 g/mol. The van der Waals surface area contributed by atoms with E-state index in [0.29, 0.717) is 25.8 Å². The van der Waals surface area contributed by atoms with E-state index in [4.69, 9.17) is 0 Å². The van der Waals surface area contributed by atoms with E-state index in [0.717, 1.165) is 22.3 Å². The molecule has 0 spiro atoms. The summed E-state index contributed by atoms with van der Waals surface area (Å²) in [5, 5.41) is 2.78. The molecule has 0 aliphatic heterocycles. The summed E-state index contributed by atoms with van der Waals surface area (Å²) < 4.78 is 0. The fraction of sp³-hybridized carbons (Fsp3) is 0.355. The minimum atomic E-state index is -0.585.